The predicted octanol–water partition coefficient (Wildman–Crippen LogP) is 0.132. The molecule has 1 aliphatic rings. The van der Waals surface area contributed by atoms with Crippen LogP contribution in [0.15, 0.2) is 12.1 Å². The smallest absolute Gasteiger partial charge is 0.263 e. The van der Waals surface area contributed by atoms with E-state index in [1.54, 1.807) is 0 Å². The summed E-state index contributed by atoms with van der Waals surface area (Å²) in [5, 5.41) is 5.64. The number of hydrogen-bond donors (Lipinski definition) is 2. The fourth-order valence-corrected chi connectivity index (χ4v) is 1.28. The maximum Gasteiger partial charge on any atom is 0.263 e. The van der Waals surface area contributed by atoms with Crippen LogP contribution in [0, 0.1) is 0 Å². The van der Waals surface area contributed by atoms with Crippen molar-refractivity contribution in [3.8, 4) is 5.75 Å². The van der Waals surface area contributed by atoms with Gasteiger partial charge in [-0.05, 0) is 19.2 Å². The number of fused-ring (bicyclic) bond motifs is 1. The van der Waals surface area contributed by atoms with Crippen molar-refractivity contribution in [2.45, 2.75) is 6.54 Å². The van der Waals surface area contributed by atoms with Gasteiger partial charge in [-0.2, -0.15) is 0 Å². The second-order valence-electron chi connectivity index (χ2n) is 3.02. The second-order valence-corrected chi connectivity index (χ2v) is 3.02. The summed E-state index contributed by atoms with van der Waals surface area (Å²) in [7, 11) is 1.84. The van der Waals surface area contributed by atoms with Gasteiger partial charge in [-0.3, -0.25) is 4.79 Å². The molecule has 1 aromatic rings. The molecule has 1 aromatic heterocycles. The van der Waals surface area contributed by atoms with Gasteiger partial charge < -0.3 is 15.4 Å². The Balaban J connectivity index is 2.28. The first-order valence-corrected chi connectivity index (χ1v) is 4.37. The maximum absolute atomic E-state index is 11.0. The molecule has 0 radical (unpaired) electrons. The fourth-order valence-electron chi connectivity index (χ4n) is 1.28. The number of aromatic nitrogens is 1. The zero-order valence-electron chi connectivity index (χ0n) is 7.83. The van der Waals surface area contributed by atoms with E-state index in [2.05, 4.69) is 15.6 Å². The summed E-state index contributed by atoms with van der Waals surface area (Å²) >= 11 is 0. The first-order valence-electron chi connectivity index (χ1n) is 4.37. The molecule has 2 heterocycles. The van der Waals surface area contributed by atoms with Crippen LogP contribution in [-0.2, 0) is 11.3 Å². The van der Waals surface area contributed by atoms with Crippen LogP contribution in [0.2, 0.25) is 0 Å². The first kappa shape index (κ1) is 8.96. The van der Waals surface area contributed by atoms with Gasteiger partial charge in [-0.25, -0.2) is 4.98 Å². The topological polar surface area (TPSA) is 63.2 Å². The average molecular weight is 193 g/mol. The van der Waals surface area contributed by atoms with E-state index in [1.807, 2.05) is 19.2 Å². The van der Waals surface area contributed by atoms with Crippen LogP contribution >= 0.6 is 0 Å². The number of nitrogens with one attached hydrogen (secondary N) is 2. The van der Waals surface area contributed by atoms with Crippen molar-refractivity contribution in [2.75, 3.05) is 19.0 Å². The third-order valence-electron chi connectivity index (χ3n) is 1.89. The molecule has 1 aliphatic heterocycles. The Kier molecular flexibility index (Phi) is 2.32. The van der Waals surface area contributed by atoms with Crippen molar-refractivity contribution in [2.24, 2.45) is 0 Å². The van der Waals surface area contributed by atoms with Gasteiger partial charge in [0, 0.05) is 6.54 Å². The number of anilines is 1. The minimum Gasteiger partial charge on any atom is -0.480 e. The Morgan fingerprint density at radius 3 is 3.29 bits per heavy atom. The lowest BCUT2D eigenvalue weighted by Gasteiger charge is -2.17. The van der Waals surface area contributed by atoms with Crippen molar-refractivity contribution < 1.29 is 9.53 Å². The maximum atomic E-state index is 11.0. The van der Waals surface area contributed by atoms with E-state index in [9.17, 15) is 4.79 Å². The van der Waals surface area contributed by atoms with Gasteiger partial charge >= 0.3 is 0 Å². The molecule has 0 aromatic carbocycles. The van der Waals surface area contributed by atoms with Crippen LogP contribution in [0.4, 0.5) is 5.82 Å². The van der Waals surface area contributed by atoms with Gasteiger partial charge in [-0.15, -0.1) is 0 Å². The number of rotatable bonds is 2. The zero-order chi connectivity index (χ0) is 9.97. The summed E-state index contributed by atoms with van der Waals surface area (Å²) in [5.41, 5.74) is 0.872. The van der Waals surface area contributed by atoms with Gasteiger partial charge in [-0.1, -0.05) is 0 Å². The zero-order valence-corrected chi connectivity index (χ0v) is 7.83. The van der Waals surface area contributed by atoms with Crippen molar-refractivity contribution in [1.29, 1.82) is 0 Å². The van der Waals surface area contributed by atoms with Gasteiger partial charge in [0.25, 0.3) is 5.91 Å². The van der Waals surface area contributed by atoms with E-state index >= 15 is 0 Å². The molecule has 1 amide bonds. The Morgan fingerprint density at radius 1 is 1.64 bits per heavy atom. The van der Waals surface area contributed by atoms with E-state index in [1.165, 1.54) is 0 Å². The number of ether oxygens (including phenoxy) is 1. The average Bonchev–Trinajstić information content (AvgIpc) is 2.17. The molecule has 74 valence electrons. The number of carbonyl (C=O) groups excluding carboxylic acids is 1. The van der Waals surface area contributed by atoms with Crippen molar-refractivity contribution >= 4 is 11.7 Å². The second kappa shape index (κ2) is 3.63. The SMILES string of the molecule is CNCc1ccc2c(n1)NC(=O)CO2. The number of hydrogen-bond acceptors (Lipinski definition) is 4. The van der Waals surface area contributed by atoms with Gasteiger partial charge in [0.15, 0.2) is 18.2 Å². The van der Waals surface area contributed by atoms with E-state index in [-0.39, 0.29) is 12.5 Å². The molecular formula is C9H11N3O2. The van der Waals surface area contributed by atoms with Gasteiger partial charge in [0.05, 0.1) is 5.69 Å². The molecule has 2 rings (SSSR count). The number of nitrogens with zero attached hydrogens (tertiary/aromatic N) is 1. The predicted molar refractivity (Wildman–Crippen MR) is 51.1 cm³/mol. The largest absolute Gasteiger partial charge is 0.480 e. The molecule has 5 heteroatoms. The lowest BCUT2D eigenvalue weighted by molar-refractivity contribution is -0.118. The molecule has 2 N–H and O–H groups in total. The van der Waals surface area contributed by atoms with Crippen LogP contribution in [0.1, 0.15) is 5.69 Å². The van der Waals surface area contributed by atoms with E-state index in [0.29, 0.717) is 18.1 Å². The number of pyridine rings is 1. The first-order chi connectivity index (χ1) is 6.79. The molecule has 5 nitrogen and oxygen atoms in total. The Hall–Kier alpha value is -1.62. The van der Waals surface area contributed by atoms with E-state index in [4.69, 9.17) is 4.74 Å². The Labute approximate surface area is 81.5 Å². The summed E-state index contributed by atoms with van der Waals surface area (Å²) in [6.07, 6.45) is 0. The fraction of sp³-hybridized carbons (Fsp3) is 0.333. The Bertz CT molecular complexity index is 365. The molecule has 0 saturated carbocycles. The number of carbonyl (C=O) groups is 1. The summed E-state index contributed by atoms with van der Waals surface area (Å²) in [6, 6.07) is 3.68. The summed E-state index contributed by atoms with van der Waals surface area (Å²) < 4.78 is 5.17. The van der Waals surface area contributed by atoms with Crippen molar-refractivity contribution in [3.05, 3.63) is 17.8 Å². The molecule has 0 atom stereocenters. The highest BCUT2D eigenvalue weighted by molar-refractivity contribution is 5.94. The molecule has 14 heavy (non-hydrogen) atoms. The molecule has 0 bridgehead atoms. The molecule has 0 saturated heterocycles. The summed E-state index contributed by atoms with van der Waals surface area (Å²) in [5.74, 6) is 0.977. The van der Waals surface area contributed by atoms with Crippen LogP contribution in [0.25, 0.3) is 0 Å². The third kappa shape index (κ3) is 1.67. The van der Waals surface area contributed by atoms with Crippen LogP contribution in [-0.4, -0.2) is 24.5 Å². The van der Waals surface area contributed by atoms with Gasteiger partial charge in [0.2, 0.25) is 0 Å². The lowest BCUT2D eigenvalue weighted by Crippen LogP contribution is -2.26. The van der Waals surface area contributed by atoms with Gasteiger partial charge in [0.1, 0.15) is 0 Å². The van der Waals surface area contributed by atoms with E-state index < -0.39 is 0 Å². The lowest BCUT2D eigenvalue weighted by atomic mass is 10.3. The molecule has 0 aliphatic carbocycles. The highest BCUT2D eigenvalue weighted by Gasteiger charge is 2.16. The van der Waals surface area contributed by atoms with Crippen LogP contribution in [0.3, 0.4) is 0 Å². The van der Waals surface area contributed by atoms with Crippen LogP contribution < -0.4 is 15.4 Å². The minimum atomic E-state index is -0.161. The molecule has 0 spiro atoms. The number of amides is 1. The highest BCUT2D eigenvalue weighted by atomic mass is 16.5. The Morgan fingerprint density at radius 2 is 2.50 bits per heavy atom. The quantitative estimate of drug-likeness (QED) is 0.701. The summed E-state index contributed by atoms with van der Waals surface area (Å²) in [4.78, 5) is 15.2. The van der Waals surface area contributed by atoms with E-state index in [0.717, 1.165) is 5.69 Å². The minimum absolute atomic E-state index is 0.0695. The van der Waals surface area contributed by atoms with Crippen molar-refractivity contribution in [1.82, 2.24) is 10.3 Å². The standard InChI is InChI=1S/C9H11N3O2/c1-10-4-6-2-3-7-9(11-6)12-8(13)5-14-7/h2-3,10H,4-5H2,1H3,(H,11,12,13). The highest BCUT2D eigenvalue weighted by Crippen LogP contribution is 2.24. The normalized spacial score (nSPS) is 14.2. The third-order valence-corrected chi connectivity index (χ3v) is 1.89. The molecular weight excluding hydrogens is 182 g/mol. The van der Waals surface area contributed by atoms with Crippen molar-refractivity contribution in [3.63, 3.8) is 0 Å². The molecule has 0 fully saturated rings. The monoisotopic (exact) mass is 193 g/mol. The summed E-state index contributed by atoms with van der Waals surface area (Å²) in [6.45, 7) is 0.739. The van der Waals surface area contributed by atoms with Crippen LogP contribution in [0.5, 0.6) is 5.75 Å². The molecule has 0 unspecified atom stereocenters.